The summed E-state index contributed by atoms with van der Waals surface area (Å²) in [7, 11) is 0. The summed E-state index contributed by atoms with van der Waals surface area (Å²) in [5.41, 5.74) is 5.05. The molecule has 7 heteroatoms. The number of anilines is 1. The molecule has 1 heterocycles. The van der Waals surface area contributed by atoms with E-state index in [4.69, 9.17) is 16.4 Å². The molecule has 1 aromatic rings. The second-order valence-corrected chi connectivity index (χ2v) is 2.34. The maximum Gasteiger partial charge on any atom is 0.239 e. The molecule has 0 spiro atoms. The first-order valence-electron chi connectivity index (χ1n) is 3.63. The average Bonchev–Trinajstić information content (AvgIpc) is 2.19. The maximum atomic E-state index is 9.41. The Morgan fingerprint density at radius 1 is 1.57 bits per heavy atom. The van der Waals surface area contributed by atoms with E-state index in [1.807, 2.05) is 0 Å². The van der Waals surface area contributed by atoms with Gasteiger partial charge >= 0.3 is 0 Å². The lowest BCUT2D eigenvalue weighted by molar-refractivity contribution is 0.285. The number of oxime groups is 1. The number of hydrogen-bond acceptors (Lipinski definition) is 5. The van der Waals surface area contributed by atoms with Crippen molar-refractivity contribution in [3.63, 3.8) is 0 Å². The normalized spacial score (nSPS) is 11.1. The van der Waals surface area contributed by atoms with Crippen molar-refractivity contribution >= 4 is 17.5 Å². The zero-order valence-electron chi connectivity index (χ0n) is 7.12. The Morgan fingerprint density at radius 3 is 2.71 bits per heavy atom. The molecule has 0 radical (unpaired) electrons. The first-order valence-corrected chi connectivity index (χ1v) is 3.63. The van der Waals surface area contributed by atoms with Crippen molar-refractivity contribution in [2.75, 3.05) is 5.06 Å². The number of amidine groups is 2. The average molecular weight is 195 g/mol. The molecule has 0 bridgehead atoms. The number of aromatic nitrogens is 1. The third-order valence-corrected chi connectivity index (χ3v) is 1.40. The molecular weight excluding hydrogens is 186 g/mol. The van der Waals surface area contributed by atoms with Crippen molar-refractivity contribution in [2.24, 2.45) is 10.9 Å². The van der Waals surface area contributed by atoms with Crippen LogP contribution in [-0.4, -0.2) is 27.1 Å². The summed E-state index contributed by atoms with van der Waals surface area (Å²) in [4.78, 5) is 3.76. The molecular formula is C7H9N5O2. The van der Waals surface area contributed by atoms with Crippen LogP contribution in [0.15, 0.2) is 29.6 Å². The van der Waals surface area contributed by atoms with Crippen LogP contribution < -0.4 is 10.8 Å². The van der Waals surface area contributed by atoms with Gasteiger partial charge in [-0.1, -0.05) is 11.2 Å². The Hall–Kier alpha value is -2.15. The van der Waals surface area contributed by atoms with E-state index in [0.29, 0.717) is 5.06 Å². The van der Waals surface area contributed by atoms with Gasteiger partial charge in [0.1, 0.15) is 0 Å². The maximum absolute atomic E-state index is 9.41. The third kappa shape index (κ3) is 1.96. The Morgan fingerprint density at radius 2 is 2.29 bits per heavy atom. The van der Waals surface area contributed by atoms with Crippen LogP contribution in [0.2, 0.25) is 0 Å². The quantitative estimate of drug-likeness (QED) is 0.217. The highest BCUT2D eigenvalue weighted by atomic mass is 16.5. The van der Waals surface area contributed by atoms with E-state index in [-0.39, 0.29) is 5.82 Å². The smallest absolute Gasteiger partial charge is 0.239 e. The monoisotopic (exact) mass is 195 g/mol. The Kier molecular flexibility index (Phi) is 2.97. The van der Waals surface area contributed by atoms with Gasteiger partial charge in [-0.25, -0.2) is 4.98 Å². The lowest BCUT2D eigenvalue weighted by Gasteiger charge is -2.14. The van der Waals surface area contributed by atoms with Crippen molar-refractivity contribution in [2.45, 2.75) is 0 Å². The summed E-state index contributed by atoms with van der Waals surface area (Å²) < 4.78 is 0. The molecule has 0 aliphatic carbocycles. The van der Waals surface area contributed by atoms with Crippen LogP contribution in [0.5, 0.6) is 0 Å². The number of nitrogens with two attached hydrogens (primary N) is 1. The molecule has 5 N–H and O–H groups in total. The molecule has 14 heavy (non-hydrogen) atoms. The number of nitrogens with one attached hydrogen (secondary N) is 1. The molecule has 0 atom stereocenters. The standard InChI is InChI=1S/C7H9N5O2/c8-6(9)7(11-13)12(14)5-3-1-2-4-10-5/h1-4,13-14H,(H3,8,9)/b11-7+. The zero-order chi connectivity index (χ0) is 10.6. The number of nitrogens with zero attached hydrogens (tertiary/aromatic N) is 3. The van der Waals surface area contributed by atoms with E-state index >= 15 is 0 Å². The van der Waals surface area contributed by atoms with Crippen LogP contribution in [-0.2, 0) is 0 Å². The van der Waals surface area contributed by atoms with Gasteiger partial charge in [-0.05, 0) is 12.1 Å². The highest BCUT2D eigenvalue weighted by molar-refractivity contribution is 6.42. The van der Waals surface area contributed by atoms with Gasteiger partial charge in [0.05, 0.1) is 0 Å². The van der Waals surface area contributed by atoms with Crippen molar-refractivity contribution < 1.29 is 10.4 Å². The summed E-state index contributed by atoms with van der Waals surface area (Å²) in [6, 6.07) is 4.75. The van der Waals surface area contributed by atoms with Gasteiger partial charge in [0.25, 0.3) is 0 Å². The SMILES string of the molecule is N=C(N)/C(=N\O)N(O)c1ccccn1. The van der Waals surface area contributed by atoms with Crippen LogP contribution in [0, 0.1) is 5.41 Å². The molecule has 1 rings (SSSR count). The van der Waals surface area contributed by atoms with E-state index < -0.39 is 11.7 Å². The van der Waals surface area contributed by atoms with Crippen LogP contribution in [0.25, 0.3) is 0 Å². The first-order chi connectivity index (χ1) is 6.66. The molecule has 1 aromatic heterocycles. The molecule has 0 aliphatic rings. The van der Waals surface area contributed by atoms with Gasteiger partial charge < -0.3 is 10.9 Å². The van der Waals surface area contributed by atoms with Crippen LogP contribution >= 0.6 is 0 Å². The topological polar surface area (TPSA) is 119 Å². The summed E-state index contributed by atoms with van der Waals surface area (Å²) >= 11 is 0. The van der Waals surface area contributed by atoms with Gasteiger partial charge in [0.2, 0.25) is 5.84 Å². The van der Waals surface area contributed by atoms with Gasteiger partial charge in [-0.3, -0.25) is 10.6 Å². The minimum Gasteiger partial charge on any atom is -0.409 e. The fraction of sp³-hybridized carbons (Fsp3) is 0. The molecule has 0 saturated heterocycles. The molecule has 7 nitrogen and oxygen atoms in total. The van der Waals surface area contributed by atoms with Gasteiger partial charge in [-0.2, -0.15) is 5.06 Å². The summed E-state index contributed by atoms with van der Waals surface area (Å²) in [6.45, 7) is 0. The fourth-order valence-corrected chi connectivity index (χ4v) is 0.798. The molecule has 0 unspecified atom stereocenters. The molecule has 0 saturated carbocycles. The summed E-state index contributed by atoms with van der Waals surface area (Å²) in [5, 5.41) is 28.0. The second-order valence-electron chi connectivity index (χ2n) is 2.34. The van der Waals surface area contributed by atoms with Crippen molar-refractivity contribution in [3.8, 4) is 0 Å². The number of hydroxylamine groups is 1. The first kappa shape index (κ1) is 9.93. The highest BCUT2D eigenvalue weighted by Crippen LogP contribution is 2.06. The van der Waals surface area contributed by atoms with E-state index in [1.54, 1.807) is 12.1 Å². The molecule has 74 valence electrons. The van der Waals surface area contributed by atoms with Crippen LogP contribution in [0.3, 0.4) is 0 Å². The largest absolute Gasteiger partial charge is 0.409 e. The van der Waals surface area contributed by atoms with Gasteiger partial charge in [0.15, 0.2) is 11.7 Å². The van der Waals surface area contributed by atoms with Crippen LogP contribution in [0.4, 0.5) is 5.82 Å². The summed E-state index contributed by atoms with van der Waals surface area (Å²) in [6.07, 6.45) is 1.44. The Balaban J connectivity index is 2.96. The van der Waals surface area contributed by atoms with Crippen LogP contribution in [0.1, 0.15) is 0 Å². The lowest BCUT2D eigenvalue weighted by atomic mass is 10.4. The van der Waals surface area contributed by atoms with Gasteiger partial charge in [0, 0.05) is 6.20 Å². The van der Waals surface area contributed by atoms with Crippen molar-refractivity contribution in [1.82, 2.24) is 4.98 Å². The molecule has 0 aliphatic heterocycles. The fourth-order valence-electron chi connectivity index (χ4n) is 0.798. The van der Waals surface area contributed by atoms with E-state index in [2.05, 4.69) is 10.1 Å². The van der Waals surface area contributed by atoms with E-state index in [1.165, 1.54) is 12.3 Å². The lowest BCUT2D eigenvalue weighted by Crippen LogP contribution is -2.38. The predicted octanol–water partition coefficient (Wildman–Crippen LogP) is 0.000870. The van der Waals surface area contributed by atoms with E-state index in [0.717, 1.165) is 0 Å². The predicted molar refractivity (Wildman–Crippen MR) is 49.6 cm³/mol. The third-order valence-electron chi connectivity index (χ3n) is 1.40. The second kappa shape index (κ2) is 4.19. The zero-order valence-corrected chi connectivity index (χ0v) is 7.12. The Labute approximate surface area is 79.6 Å². The molecule has 0 amide bonds. The minimum atomic E-state index is -0.569. The van der Waals surface area contributed by atoms with E-state index in [9.17, 15) is 5.21 Å². The molecule has 0 fully saturated rings. The minimum absolute atomic E-state index is 0.107. The number of pyridine rings is 1. The van der Waals surface area contributed by atoms with Gasteiger partial charge in [-0.15, -0.1) is 0 Å². The number of hydrogen-bond donors (Lipinski definition) is 4. The molecule has 0 aromatic carbocycles. The van der Waals surface area contributed by atoms with Crippen molar-refractivity contribution in [1.29, 1.82) is 5.41 Å². The Bertz CT molecular complexity index is 350. The number of rotatable bonds is 1. The van der Waals surface area contributed by atoms with Crippen molar-refractivity contribution in [3.05, 3.63) is 24.4 Å². The summed E-state index contributed by atoms with van der Waals surface area (Å²) in [5.74, 6) is -0.945. The highest BCUT2D eigenvalue weighted by Gasteiger charge is 2.15.